The number of hydrogen-bond acceptors (Lipinski definition) is 4. The van der Waals surface area contributed by atoms with Crippen molar-refractivity contribution < 1.29 is 18.5 Å². The first-order valence-corrected chi connectivity index (χ1v) is 8.13. The molecule has 8 heteroatoms. The highest BCUT2D eigenvalue weighted by atomic mass is 127. The fraction of sp³-hybridized carbons (Fsp3) is 0. The van der Waals surface area contributed by atoms with Crippen LogP contribution in [0.5, 0.6) is 0 Å². The Morgan fingerprint density at radius 1 is 1.16 bits per heavy atom. The van der Waals surface area contributed by atoms with Crippen LogP contribution in [0.2, 0.25) is 0 Å². The molecule has 1 heterocycles. The standard InChI is InChI=1S/C17H10FIN2O4/c18-12-9-10(19)5-6-13(12)20-17(22)16-8-7-15(25-16)11-3-1-2-4-14(11)21(23)24/h1-9H,(H,20,22). The molecule has 0 radical (unpaired) electrons. The Hall–Kier alpha value is -2.75. The van der Waals surface area contributed by atoms with Crippen molar-refractivity contribution in [2.45, 2.75) is 0 Å². The van der Waals surface area contributed by atoms with Gasteiger partial charge in [-0.2, -0.15) is 0 Å². The van der Waals surface area contributed by atoms with Gasteiger partial charge in [-0.05, 0) is 59.0 Å². The maximum Gasteiger partial charge on any atom is 0.291 e. The summed E-state index contributed by atoms with van der Waals surface area (Å²) >= 11 is 1.96. The van der Waals surface area contributed by atoms with Crippen LogP contribution in [0.1, 0.15) is 10.6 Å². The SMILES string of the molecule is O=C(Nc1ccc(I)cc1F)c1ccc(-c2ccccc2[N+](=O)[O-])o1. The highest BCUT2D eigenvalue weighted by molar-refractivity contribution is 14.1. The van der Waals surface area contributed by atoms with E-state index in [0.717, 1.165) is 0 Å². The molecular formula is C17H10FIN2O4. The highest BCUT2D eigenvalue weighted by Crippen LogP contribution is 2.31. The van der Waals surface area contributed by atoms with Crippen LogP contribution >= 0.6 is 22.6 Å². The molecule has 25 heavy (non-hydrogen) atoms. The fourth-order valence-electron chi connectivity index (χ4n) is 2.22. The van der Waals surface area contributed by atoms with Gasteiger partial charge in [0, 0.05) is 9.64 Å². The number of nitrogens with one attached hydrogen (secondary N) is 1. The molecule has 0 aliphatic heterocycles. The van der Waals surface area contributed by atoms with Gasteiger partial charge in [-0.3, -0.25) is 14.9 Å². The molecule has 0 fully saturated rings. The van der Waals surface area contributed by atoms with Crippen molar-refractivity contribution in [3.05, 3.63) is 79.9 Å². The topological polar surface area (TPSA) is 85.4 Å². The molecule has 1 aromatic heterocycles. The van der Waals surface area contributed by atoms with E-state index in [0.29, 0.717) is 3.57 Å². The fourth-order valence-corrected chi connectivity index (χ4v) is 2.67. The lowest BCUT2D eigenvalue weighted by Crippen LogP contribution is -2.12. The van der Waals surface area contributed by atoms with E-state index in [1.807, 2.05) is 22.6 Å². The number of para-hydroxylation sites is 1. The lowest BCUT2D eigenvalue weighted by molar-refractivity contribution is -0.384. The van der Waals surface area contributed by atoms with Crippen LogP contribution in [0.4, 0.5) is 15.8 Å². The van der Waals surface area contributed by atoms with E-state index in [-0.39, 0.29) is 28.5 Å². The molecule has 0 aliphatic carbocycles. The summed E-state index contributed by atoms with van der Waals surface area (Å²) in [6.07, 6.45) is 0. The summed E-state index contributed by atoms with van der Waals surface area (Å²) < 4.78 is 19.9. The maximum absolute atomic E-state index is 13.8. The van der Waals surface area contributed by atoms with Gasteiger partial charge in [0.05, 0.1) is 16.2 Å². The van der Waals surface area contributed by atoms with Crippen LogP contribution < -0.4 is 5.32 Å². The van der Waals surface area contributed by atoms with Crippen molar-refractivity contribution in [3.63, 3.8) is 0 Å². The molecule has 2 aromatic carbocycles. The van der Waals surface area contributed by atoms with Crippen molar-refractivity contribution in [2.75, 3.05) is 5.32 Å². The number of benzene rings is 2. The first-order chi connectivity index (χ1) is 12.0. The summed E-state index contributed by atoms with van der Waals surface area (Å²) in [5.41, 5.74) is 0.147. The Bertz CT molecular complexity index is 971. The molecule has 6 nitrogen and oxygen atoms in total. The molecule has 0 saturated carbocycles. The number of furan rings is 1. The normalized spacial score (nSPS) is 10.5. The van der Waals surface area contributed by atoms with Crippen LogP contribution in [0, 0.1) is 19.5 Å². The molecule has 1 amide bonds. The lowest BCUT2D eigenvalue weighted by atomic mass is 10.1. The van der Waals surface area contributed by atoms with Crippen molar-refractivity contribution in [3.8, 4) is 11.3 Å². The number of nitro benzene ring substituents is 1. The number of rotatable bonds is 4. The monoisotopic (exact) mass is 452 g/mol. The number of nitro groups is 1. The van der Waals surface area contributed by atoms with E-state index >= 15 is 0 Å². The molecule has 0 spiro atoms. The van der Waals surface area contributed by atoms with Gasteiger partial charge in [-0.25, -0.2) is 4.39 Å². The number of nitrogens with zero attached hydrogens (tertiary/aromatic N) is 1. The largest absolute Gasteiger partial charge is 0.451 e. The van der Waals surface area contributed by atoms with Crippen LogP contribution in [0.3, 0.4) is 0 Å². The van der Waals surface area contributed by atoms with Gasteiger partial charge in [-0.1, -0.05) is 12.1 Å². The minimum atomic E-state index is -0.648. The zero-order valence-corrected chi connectivity index (χ0v) is 14.7. The first-order valence-electron chi connectivity index (χ1n) is 7.06. The maximum atomic E-state index is 13.8. The second-order valence-corrected chi connectivity index (χ2v) is 6.26. The van der Waals surface area contributed by atoms with Crippen LogP contribution in [0.15, 0.2) is 59.0 Å². The number of carbonyl (C=O) groups is 1. The van der Waals surface area contributed by atoms with Gasteiger partial charge in [0.2, 0.25) is 0 Å². The number of carbonyl (C=O) groups excluding carboxylic acids is 1. The molecule has 126 valence electrons. The summed E-state index contributed by atoms with van der Waals surface area (Å²) in [5.74, 6) is -1.11. The Balaban J connectivity index is 1.86. The Kier molecular flexibility index (Phi) is 4.79. The minimum absolute atomic E-state index is 0.0223. The van der Waals surface area contributed by atoms with E-state index in [9.17, 15) is 19.3 Å². The van der Waals surface area contributed by atoms with Gasteiger partial charge >= 0.3 is 0 Å². The van der Waals surface area contributed by atoms with Crippen molar-refractivity contribution in [2.24, 2.45) is 0 Å². The van der Waals surface area contributed by atoms with E-state index < -0.39 is 16.6 Å². The summed E-state index contributed by atoms with van der Waals surface area (Å²) in [6.45, 7) is 0. The van der Waals surface area contributed by atoms with Gasteiger partial charge < -0.3 is 9.73 Å². The zero-order chi connectivity index (χ0) is 18.0. The molecule has 1 N–H and O–H groups in total. The van der Waals surface area contributed by atoms with Crippen molar-refractivity contribution in [1.82, 2.24) is 0 Å². The lowest BCUT2D eigenvalue weighted by Gasteiger charge is -2.05. The molecule has 0 saturated heterocycles. The van der Waals surface area contributed by atoms with Crippen LogP contribution in [0.25, 0.3) is 11.3 Å². The molecular weight excluding hydrogens is 442 g/mol. The van der Waals surface area contributed by atoms with Crippen molar-refractivity contribution in [1.29, 1.82) is 0 Å². The molecule has 3 rings (SSSR count). The van der Waals surface area contributed by atoms with E-state index in [1.165, 1.54) is 42.5 Å². The predicted molar refractivity (Wildman–Crippen MR) is 97.9 cm³/mol. The molecule has 0 bridgehead atoms. The third kappa shape index (κ3) is 3.68. The zero-order valence-electron chi connectivity index (χ0n) is 12.5. The molecule has 3 aromatic rings. The van der Waals surface area contributed by atoms with Crippen LogP contribution in [-0.2, 0) is 0 Å². The van der Waals surface area contributed by atoms with E-state index in [1.54, 1.807) is 12.1 Å². The van der Waals surface area contributed by atoms with E-state index in [4.69, 9.17) is 4.42 Å². The Morgan fingerprint density at radius 2 is 1.92 bits per heavy atom. The van der Waals surface area contributed by atoms with Gasteiger partial charge in [0.25, 0.3) is 11.6 Å². The average molecular weight is 452 g/mol. The van der Waals surface area contributed by atoms with Gasteiger partial charge in [0.15, 0.2) is 5.76 Å². The smallest absolute Gasteiger partial charge is 0.291 e. The third-order valence-corrected chi connectivity index (χ3v) is 4.05. The predicted octanol–water partition coefficient (Wildman–Crippen LogP) is 4.85. The second-order valence-electron chi connectivity index (χ2n) is 5.02. The summed E-state index contributed by atoms with van der Waals surface area (Å²) in [5, 5.41) is 13.5. The van der Waals surface area contributed by atoms with Crippen molar-refractivity contribution >= 4 is 39.9 Å². The molecule has 0 unspecified atom stereocenters. The number of anilines is 1. The Labute approximate surface area is 154 Å². The number of amides is 1. The summed E-state index contributed by atoms with van der Waals surface area (Å²) in [4.78, 5) is 22.8. The quantitative estimate of drug-likeness (QED) is 0.349. The summed E-state index contributed by atoms with van der Waals surface area (Å²) in [7, 11) is 0. The summed E-state index contributed by atoms with van der Waals surface area (Å²) in [6, 6.07) is 13.3. The molecule has 0 atom stereocenters. The minimum Gasteiger partial charge on any atom is -0.451 e. The second kappa shape index (κ2) is 7.01. The number of halogens is 2. The highest BCUT2D eigenvalue weighted by Gasteiger charge is 2.19. The first kappa shape index (κ1) is 17.1. The Morgan fingerprint density at radius 3 is 2.64 bits per heavy atom. The number of hydrogen-bond donors (Lipinski definition) is 1. The molecule has 0 aliphatic rings. The average Bonchev–Trinajstić information content (AvgIpc) is 3.07. The van der Waals surface area contributed by atoms with Crippen LogP contribution in [-0.4, -0.2) is 10.8 Å². The van der Waals surface area contributed by atoms with Gasteiger partial charge in [0.1, 0.15) is 11.6 Å². The van der Waals surface area contributed by atoms with E-state index in [2.05, 4.69) is 5.32 Å². The third-order valence-electron chi connectivity index (χ3n) is 3.38. The van der Waals surface area contributed by atoms with Gasteiger partial charge in [-0.15, -0.1) is 0 Å².